The summed E-state index contributed by atoms with van der Waals surface area (Å²) in [6.45, 7) is 0.0787. The Kier molecular flexibility index (Phi) is 2.45. The third kappa shape index (κ3) is 1.75. The second kappa shape index (κ2) is 3.75. The third-order valence-electron chi connectivity index (χ3n) is 1.88. The molecule has 0 bridgehead atoms. The highest BCUT2D eigenvalue weighted by molar-refractivity contribution is 6.18. The van der Waals surface area contributed by atoms with Crippen molar-refractivity contribution in [2.75, 3.05) is 23.2 Å². The fraction of sp³-hybridized carbons (Fsp3) is 0.222. The van der Waals surface area contributed by atoms with Crippen LogP contribution < -0.4 is 15.4 Å². The molecule has 0 unspecified atom stereocenters. The molecule has 0 radical (unpaired) electrons. The van der Waals surface area contributed by atoms with E-state index in [9.17, 15) is 4.79 Å². The largest absolute Gasteiger partial charge is 0.482 e. The van der Waals surface area contributed by atoms with Crippen molar-refractivity contribution in [3.63, 3.8) is 0 Å². The van der Waals surface area contributed by atoms with Gasteiger partial charge in [0.1, 0.15) is 5.75 Å². The van der Waals surface area contributed by atoms with Crippen molar-refractivity contribution in [3.8, 4) is 5.75 Å². The summed E-state index contributed by atoms with van der Waals surface area (Å²) in [5.41, 5.74) is 1.53. The molecule has 2 N–H and O–H groups in total. The Hall–Kier alpha value is -1.42. The van der Waals surface area contributed by atoms with E-state index in [1.54, 1.807) is 12.1 Å². The first kappa shape index (κ1) is 9.15. The second-order valence-electron chi connectivity index (χ2n) is 2.86. The highest BCUT2D eigenvalue weighted by Gasteiger charge is 2.15. The molecule has 0 aliphatic carbocycles. The lowest BCUT2D eigenvalue weighted by molar-refractivity contribution is -0.118. The van der Waals surface area contributed by atoms with Gasteiger partial charge < -0.3 is 15.4 Å². The zero-order valence-electron chi connectivity index (χ0n) is 7.34. The van der Waals surface area contributed by atoms with E-state index in [1.165, 1.54) is 0 Å². The molecule has 14 heavy (non-hydrogen) atoms. The maximum atomic E-state index is 11.0. The third-order valence-corrected chi connectivity index (χ3v) is 2.02. The molecule has 4 nitrogen and oxygen atoms in total. The summed E-state index contributed by atoms with van der Waals surface area (Å²) < 4.78 is 5.20. The molecule has 1 aliphatic rings. The number of rotatable bonds is 2. The number of hydrogen-bond donors (Lipinski definition) is 2. The number of anilines is 2. The number of nitrogens with one attached hydrogen (secondary N) is 2. The summed E-state index contributed by atoms with van der Waals surface area (Å²) in [6, 6.07) is 5.75. The molecule has 1 aliphatic heterocycles. The molecular weight excluding hydrogens is 204 g/mol. The first-order chi connectivity index (χ1) is 6.79. The van der Waals surface area contributed by atoms with Crippen LogP contribution in [0.15, 0.2) is 18.2 Å². The lowest BCUT2D eigenvalue weighted by Crippen LogP contribution is -2.25. The van der Waals surface area contributed by atoms with E-state index >= 15 is 0 Å². The van der Waals surface area contributed by atoms with E-state index in [0.29, 0.717) is 17.4 Å². The first-order valence-electron chi connectivity index (χ1n) is 4.16. The fourth-order valence-corrected chi connectivity index (χ4v) is 1.42. The number of hydrogen-bond acceptors (Lipinski definition) is 3. The Balaban J connectivity index is 2.28. The molecule has 0 atom stereocenters. The average molecular weight is 213 g/mol. The van der Waals surface area contributed by atoms with Crippen LogP contribution in [0.3, 0.4) is 0 Å². The number of halogens is 1. The van der Waals surface area contributed by atoms with Crippen LogP contribution in [0.1, 0.15) is 0 Å². The summed E-state index contributed by atoms with van der Waals surface area (Å²) in [6.07, 6.45) is 0. The first-order valence-corrected chi connectivity index (χ1v) is 4.69. The molecule has 0 fully saturated rings. The Morgan fingerprint density at radius 1 is 1.57 bits per heavy atom. The van der Waals surface area contributed by atoms with Gasteiger partial charge in [-0.3, -0.25) is 4.79 Å². The number of ether oxygens (including phenoxy) is 1. The van der Waals surface area contributed by atoms with E-state index in [4.69, 9.17) is 16.3 Å². The summed E-state index contributed by atoms with van der Waals surface area (Å²) in [5, 5.41) is 5.64. The molecule has 74 valence electrons. The van der Waals surface area contributed by atoms with Gasteiger partial charge in [-0.1, -0.05) is 0 Å². The highest BCUT2D eigenvalue weighted by atomic mass is 35.5. The zero-order valence-corrected chi connectivity index (χ0v) is 8.10. The minimum Gasteiger partial charge on any atom is -0.482 e. The number of carbonyl (C=O) groups excluding carboxylic acids is 1. The number of benzene rings is 1. The van der Waals surface area contributed by atoms with E-state index < -0.39 is 0 Å². The number of alkyl halides is 1. The Labute approximate surface area is 86.2 Å². The number of carbonyl (C=O) groups is 1. The van der Waals surface area contributed by atoms with E-state index in [2.05, 4.69) is 10.6 Å². The molecule has 0 saturated heterocycles. The molecule has 1 aromatic carbocycles. The molecule has 5 heteroatoms. The smallest absolute Gasteiger partial charge is 0.262 e. The minimum atomic E-state index is -0.138. The lowest BCUT2D eigenvalue weighted by atomic mass is 10.2. The molecule has 1 amide bonds. The quantitative estimate of drug-likeness (QED) is 0.579. The average Bonchev–Trinajstić information content (AvgIpc) is 2.17. The van der Waals surface area contributed by atoms with Gasteiger partial charge in [-0.15, -0.1) is 11.6 Å². The highest BCUT2D eigenvalue weighted by Crippen LogP contribution is 2.30. The van der Waals surface area contributed by atoms with Crippen LogP contribution in [0.25, 0.3) is 0 Å². The van der Waals surface area contributed by atoms with Gasteiger partial charge in [-0.25, -0.2) is 0 Å². The summed E-state index contributed by atoms with van der Waals surface area (Å²) in [5.74, 6) is 0.547. The molecule has 1 aromatic rings. The fourth-order valence-electron chi connectivity index (χ4n) is 1.27. The lowest BCUT2D eigenvalue weighted by Gasteiger charge is -2.18. The Morgan fingerprint density at radius 2 is 2.43 bits per heavy atom. The van der Waals surface area contributed by atoms with Gasteiger partial charge in [0.25, 0.3) is 5.91 Å². The topological polar surface area (TPSA) is 50.4 Å². The second-order valence-corrected chi connectivity index (χ2v) is 3.13. The predicted octanol–water partition coefficient (Wildman–Crippen LogP) is 1.63. The van der Waals surface area contributed by atoms with Crippen molar-refractivity contribution < 1.29 is 9.53 Å². The van der Waals surface area contributed by atoms with E-state index in [1.807, 2.05) is 6.07 Å². The van der Waals surface area contributed by atoms with Crippen molar-refractivity contribution in [2.24, 2.45) is 0 Å². The van der Waals surface area contributed by atoms with Crippen molar-refractivity contribution >= 4 is 28.9 Å². The van der Waals surface area contributed by atoms with E-state index in [-0.39, 0.29) is 12.5 Å². The summed E-state index contributed by atoms with van der Waals surface area (Å²) in [7, 11) is 0. The SMILES string of the molecule is O=C1COc2ccc(NCCl)cc2N1. The maximum absolute atomic E-state index is 11.0. The standard InChI is InChI=1S/C9H9ClN2O2/c10-5-11-6-1-2-8-7(3-6)12-9(13)4-14-8/h1-3,11H,4-5H2,(H,12,13). The van der Waals surface area contributed by atoms with Crippen molar-refractivity contribution in [2.45, 2.75) is 0 Å². The van der Waals surface area contributed by atoms with Crippen LogP contribution in [0.2, 0.25) is 0 Å². The summed E-state index contributed by atoms with van der Waals surface area (Å²) in [4.78, 5) is 11.0. The van der Waals surface area contributed by atoms with Crippen LogP contribution >= 0.6 is 11.6 Å². The zero-order chi connectivity index (χ0) is 9.97. The van der Waals surface area contributed by atoms with Gasteiger partial charge in [0.05, 0.1) is 11.7 Å². The normalized spacial score (nSPS) is 13.9. The summed E-state index contributed by atoms with van der Waals surface area (Å²) >= 11 is 5.52. The van der Waals surface area contributed by atoms with Crippen LogP contribution in [-0.4, -0.2) is 18.5 Å². The van der Waals surface area contributed by atoms with Crippen molar-refractivity contribution in [1.29, 1.82) is 0 Å². The number of amides is 1. The maximum Gasteiger partial charge on any atom is 0.262 e. The Bertz CT molecular complexity index is 368. The van der Waals surface area contributed by atoms with Crippen molar-refractivity contribution in [3.05, 3.63) is 18.2 Å². The predicted molar refractivity (Wildman–Crippen MR) is 54.9 cm³/mol. The Morgan fingerprint density at radius 3 is 3.21 bits per heavy atom. The van der Waals surface area contributed by atoms with Gasteiger partial charge >= 0.3 is 0 Å². The van der Waals surface area contributed by atoms with Gasteiger partial charge in [-0.05, 0) is 18.2 Å². The van der Waals surface area contributed by atoms with Gasteiger partial charge in [-0.2, -0.15) is 0 Å². The molecule has 0 spiro atoms. The van der Waals surface area contributed by atoms with Crippen LogP contribution in [0.5, 0.6) is 5.75 Å². The minimum absolute atomic E-state index is 0.0787. The molecule has 0 aromatic heterocycles. The monoisotopic (exact) mass is 212 g/mol. The van der Waals surface area contributed by atoms with Crippen LogP contribution in [-0.2, 0) is 4.79 Å². The number of fused-ring (bicyclic) bond motifs is 1. The molecule has 2 rings (SSSR count). The van der Waals surface area contributed by atoms with Crippen LogP contribution in [0, 0.1) is 0 Å². The molecular formula is C9H9ClN2O2. The van der Waals surface area contributed by atoms with Crippen molar-refractivity contribution in [1.82, 2.24) is 0 Å². The van der Waals surface area contributed by atoms with Gasteiger partial charge in [0, 0.05) is 5.69 Å². The van der Waals surface area contributed by atoms with Crippen LogP contribution in [0.4, 0.5) is 11.4 Å². The van der Waals surface area contributed by atoms with E-state index in [0.717, 1.165) is 5.69 Å². The van der Waals surface area contributed by atoms with Gasteiger partial charge in [0.2, 0.25) is 0 Å². The molecule has 1 heterocycles. The molecule has 0 saturated carbocycles. The van der Waals surface area contributed by atoms with Gasteiger partial charge in [0.15, 0.2) is 6.61 Å².